The van der Waals surface area contributed by atoms with Crippen LogP contribution in [0.3, 0.4) is 0 Å². The van der Waals surface area contributed by atoms with Gasteiger partial charge in [-0.05, 0) is 6.42 Å². The van der Waals surface area contributed by atoms with Crippen LogP contribution in [0.15, 0.2) is 0 Å². The Bertz CT molecular complexity index is 175. The summed E-state index contributed by atoms with van der Waals surface area (Å²) < 4.78 is 31.7. The van der Waals surface area contributed by atoms with Gasteiger partial charge in [-0.3, -0.25) is 4.79 Å². The summed E-state index contributed by atoms with van der Waals surface area (Å²) in [4.78, 5) is 18.5. The third-order valence-electron chi connectivity index (χ3n) is 0.706. The first-order valence-corrected chi connectivity index (χ1v) is 3.23. The summed E-state index contributed by atoms with van der Waals surface area (Å²) >= 11 is 0. The summed E-state index contributed by atoms with van der Waals surface area (Å²) in [6, 6.07) is 0. The summed E-state index contributed by atoms with van der Waals surface area (Å²) in [7, 11) is 0. The standard InChI is InChI=1S/C4H8O2.C2HF3O2/c1-2-3-4(5)6;3-2(4,5)1(6)7/h2-3H2,1H3,(H,5,6);(H,6,7). The maximum Gasteiger partial charge on any atom is 0.490 e. The molecule has 0 aliphatic heterocycles. The van der Waals surface area contributed by atoms with Crippen LogP contribution in [0.2, 0.25) is 0 Å². The average Bonchev–Trinajstić information content (AvgIpc) is 1.85. The molecule has 78 valence electrons. The average molecular weight is 202 g/mol. The van der Waals surface area contributed by atoms with Crippen LogP contribution in [0.5, 0.6) is 0 Å². The summed E-state index contributed by atoms with van der Waals surface area (Å²) in [5, 5.41) is 15.0. The van der Waals surface area contributed by atoms with Crippen molar-refractivity contribution in [3.05, 3.63) is 0 Å². The third-order valence-corrected chi connectivity index (χ3v) is 0.706. The number of halogens is 3. The maximum atomic E-state index is 10.6. The van der Waals surface area contributed by atoms with Crippen molar-refractivity contribution in [2.45, 2.75) is 25.9 Å². The molecule has 0 bridgehead atoms. The van der Waals surface area contributed by atoms with Gasteiger partial charge < -0.3 is 10.2 Å². The van der Waals surface area contributed by atoms with Crippen molar-refractivity contribution >= 4 is 11.9 Å². The maximum absolute atomic E-state index is 10.6. The van der Waals surface area contributed by atoms with Gasteiger partial charge in [-0.15, -0.1) is 0 Å². The molecule has 0 heterocycles. The highest BCUT2D eigenvalue weighted by atomic mass is 19.4. The number of carboxylic acids is 2. The van der Waals surface area contributed by atoms with E-state index in [1.54, 1.807) is 0 Å². The van der Waals surface area contributed by atoms with Crippen molar-refractivity contribution in [1.82, 2.24) is 0 Å². The van der Waals surface area contributed by atoms with E-state index in [4.69, 9.17) is 15.0 Å². The molecule has 0 aromatic rings. The lowest BCUT2D eigenvalue weighted by Crippen LogP contribution is -2.21. The largest absolute Gasteiger partial charge is 0.490 e. The molecule has 0 spiro atoms. The molecular weight excluding hydrogens is 193 g/mol. The smallest absolute Gasteiger partial charge is 0.481 e. The van der Waals surface area contributed by atoms with Crippen LogP contribution in [0, 0.1) is 0 Å². The molecule has 0 atom stereocenters. The van der Waals surface area contributed by atoms with E-state index >= 15 is 0 Å². The van der Waals surface area contributed by atoms with E-state index in [-0.39, 0.29) is 0 Å². The minimum Gasteiger partial charge on any atom is -0.481 e. The molecule has 0 aromatic heterocycles. The first kappa shape index (κ1) is 14.3. The second kappa shape index (κ2) is 6.27. The van der Waals surface area contributed by atoms with Gasteiger partial charge in [0.25, 0.3) is 0 Å². The molecule has 7 heteroatoms. The second-order valence-electron chi connectivity index (χ2n) is 1.95. The fourth-order valence-corrected chi connectivity index (χ4v) is 0.214. The molecule has 0 aliphatic carbocycles. The predicted octanol–water partition coefficient (Wildman–Crippen LogP) is 1.50. The fourth-order valence-electron chi connectivity index (χ4n) is 0.214. The van der Waals surface area contributed by atoms with Gasteiger partial charge >= 0.3 is 18.1 Å². The number of hydrogen-bond acceptors (Lipinski definition) is 2. The summed E-state index contributed by atoms with van der Waals surface area (Å²) in [5.41, 5.74) is 0. The van der Waals surface area contributed by atoms with E-state index in [1.807, 2.05) is 6.92 Å². The SMILES string of the molecule is CCCC(=O)O.O=C(O)C(F)(F)F. The molecular formula is C6H9F3O4. The Morgan fingerprint density at radius 2 is 1.54 bits per heavy atom. The van der Waals surface area contributed by atoms with E-state index in [9.17, 15) is 18.0 Å². The van der Waals surface area contributed by atoms with Crippen molar-refractivity contribution in [1.29, 1.82) is 0 Å². The minimum atomic E-state index is -5.08. The summed E-state index contributed by atoms with van der Waals surface area (Å²) in [5.74, 6) is -3.47. The van der Waals surface area contributed by atoms with E-state index in [0.717, 1.165) is 6.42 Å². The molecule has 13 heavy (non-hydrogen) atoms. The number of hydrogen-bond donors (Lipinski definition) is 2. The third kappa shape index (κ3) is 13.7. The van der Waals surface area contributed by atoms with Crippen LogP contribution < -0.4 is 0 Å². The molecule has 0 saturated heterocycles. The lowest BCUT2D eigenvalue weighted by Gasteiger charge is -1.93. The topological polar surface area (TPSA) is 74.6 Å². The molecule has 0 radical (unpaired) electrons. The summed E-state index contributed by atoms with van der Waals surface area (Å²) in [6.45, 7) is 1.84. The van der Waals surface area contributed by atoms with Gasteiger partial charge in [0.05, 0.1) is 0 Å². The Morgan fingerprint density at radius 1 is 1.23 bits per heavy atom. The monoisotopic (exact) mass is 202 g/mol. The molecule has 0 aromatic carbocycles. The molecule has 0 rings (SSSR count). The van der Waals surface area contributed by atoms with Crippen LogP contribution in [-0.4, -0.2) is 28.3 Å². The van der Waals surface area contributed by atoms with E-state index < -0.39 is 18.1 Å². The van der Waals surface area contributed by atoms with Crippen LogP contribution >= 0.6 is 0 Å². The lowest BCUT2D eigenvalue weighted by atomic mass is 10.4. The van der Waals surface area contributed by atoms with Gasteiger partial charge in [-0.2, -0.15) is 13.2 Å². The zero-order valence-electron chi connectivity index (χ0n) is 6.76. The summed E-state index contributed by atoms with van der Waals surface area (Å²) in [6.07, 6.45) is -4.06. The van der Waals surface area contributed by atoms with Crippen molar-refractivity contribution in [2.75, 3.05) is 0 Å². The zero-order valence-corrected chi connectivity index (χ0v) is 6.76. The lowest BCUT2D eigenvalue weighted by molar-refractivity contribution is -0.192. The first-order valence-electron chi connectivity index (χ1n) is 3.23. The van der Waals surface area contributed by atoms with Crippen molar-refractivity contribution in [2.24, 2.45) is 0 Å². The number of aliphatic carboxylic acids is 2. The van der Waals surface area contributed by atoms with Gasteiger partial charge in [0, 0.05) is 6.42 Å². The highest BCUT2D eigenvalue weighted by Crippen LogP contribution is 2.13. The molecule has 0 amide bonds. The molecule has 0 fully saturated rings. The van der Waals surface area contributed by atoms with E-state index in [0.29, 0.717) is 6.42 Å². The Morgan fingerprint density at radius 3 is 1.54 bits per heavy atom. The number of rotatable bonds is 2. The number of carbonyl (C=O) groups is 2. The quantitative estimate of drug-likeness (QED) is 0.711. The van der Waals surface area contributed by atoms with E-state index in [1.165, 1.54) is 0 Å². The number of alkyl halides is 3. The Balaban J connectivity index is 0. The second-order valence-corrected chi connectivity index (χ2v) is 1.95. The Kier molecular flexibility index (Phi) is 6.88. The van der Waals surface area contributed by atoms with Crippen LogP contribution in [0.25, 0.3) is 0 Å². The fraction of sp³-hybridized carbons (Fsp3) is 0.667. The van der Waals surface area contributed by atoms with Crippen molar-refractivity contribution in [3.8, 4) is 0 Å². The Hall–Kier alpha value is -1.27. The molecule has 0 saturated carbocycles. The normalized spacial score (nSPS) is 9.85. The van der Waals surface area contributed by atoms with Crippen LogP contribution in [-0.2, 0) is 9.59 Å². The minimum absolute atomic E-state index is 0.292. The predicted molar refractivity (Wildman–Crippen MR) is 36.2 cm³/mol. The molecule has 4 nitrogen and oxygen atoms in total. The van der Waals surface area contributed by atoms with Gasteiger partial charge in [0.1, 0.15) is 0 Å². The van der Waals surface area contributed by atoms with Gasteiger partial charge in [0.2, 0.25) is 0 Å². The Labute approximate surface area is 72.0 Å². The van der Waals surface area contributed by atoms with Gasteiger partial charge in [-0.1, -0.05) is 6.92 Å². The first-order chi connectivity index (χ1) is 5.71. The van der Waals surface area contributed by atoms with Gasteiger partial charge in [0.15, 0.2) is 0 Å². The van der Waals surface area contributed by atoms with Crippen molar-refractivity contribution < 1.29 is 33.0 Å². The molecule has 0 unspecified atom stereocenters. The van der Waals surface area contributed by atoms with Crippen LogP contribution in [0.4, 0.5) is 13.2 Å². The number of carboxylic acid groups (broad SMARTS) is 2. The highest BCUT2D eigenvalue weighted by molar-refractivity contribution is 5.73. The highest BCUT2D eigenvalue weighted by Gasteiger charge is 2.38. The zero-order chi connectivity index (χ0) is 11.1. The van der Waals surface area contributed by atoms with E-state index in [2.05, 4.69) is 0 Å². The van der Waals surface area contributed by atoms with Crippen molar-refractivity contribution in [3.63, 3.8) is 0 Å². The molecule has 2 N–H and O–H groups in total. The molecule has 0 aliphatic rings. The van der Waals surface area contributed by atoms with Crippen LogP contribution in [0.1, 0.15) is 19.8 Å². The van der Waals surface area contributed by atoms with Gasteiger partial charge in [-0.25, -0.2) is 4.79 Å².